The molecule has 0 spiro atoms. The van der Waals surface area contributed by atoms with E-state index in [9.17, 15) is 19.2 Å². The van der Waals surface area contributed by atoms with Gasteiger partial charge in [-0.05, 0) is 95.8 Å². The summed E-state index contributed by atoms with van der Waals surface area (Å²) in [5.74, 6) is 1.10. The van der Waals surface area contributed by atoms with Crippen LogP contribution in [0.3, 0.4) is 0 Å². The molecule has 0 radical (unpaired) electrons. The van der Waals surface area contributed by atoms with Gasteiger partial charge in [0.2, 0.25) is 11.8 Å². The van der Waals surface area contributed by atoms with Gasteiger partial charge in [0.15, 0.2) is 0 Å². The molecular weight excluding hydrogens is 831 g/mol. The van der Waals surface area contributed by atoms with E-state index < -0.39 is 30.4 Å². The van der Waals surface area contributed by atoms with Gasteiger partial charge in [0.25, 0.3) is 0 Å². The second-order valence-corrected chi connectivity index (χ2v) is 17.8. The molecule has 0 bridgehead atoms. The van der Waals surface area contributed by atoms with Crippen molar-refractivity contribution in [3.63, 3.8) is 0 Å². The van der Waals surface area contributed by atoms with Crippen LogP contribution in [0.25, 0.3) is 33.2 Å². The fourth-order valence-corrected chi connectivity index (χ4v) is 10.3. The SMILES string of the molecule is CC[C@H](C)[C@H](NC(=O)OC)C(=O)N1C[C@@H](COC)CC1c1ncc(-c2ccc3c(c2)COc2cc4c5c(ccc4cc2-3)N=C(C2CC[C@H](C)N2C(=O)[C@@H](NC(=O)OC)[C@@H](CC)OC)C5)[nH]1. The lowest BCUT2D eigenvalue weighted by Gasteiger charge is -2.34. The van der Waals surface area contributed by atoms with Crippen LogP contribution >= 0.6 is 0 Å². The number of aromatic nitrogens is 2. The van der Waals surface area contributed by atoms with Crippen molar-refractivity contribution >= 4 is 46.2 Å². The highest BCUT2D eigenvalue weighted by atomic mass is 16.5. The Kier molecular flexibility index (Phi) is 13.5. The summed E-state index contributed by atoms with van der Waals surface area (Å²) in [6, 6.07) is 12.6. The number of rotatable bonds is 14. The van der Waals surface area contributed by atoms with E-state index in [1.54, 1.807) is 14.2 Å². The van der Waals surface area contributed by atoms with E-state index in [4.69, 9.17) is 33.7 Å². The number of methoxy groups -OCH3 is 4. The lowest BCUT2D eigenvalue weighted by atomic mass is 9.90. The Morgan fingerprint density at radius 3 is 2.38 bits per heavy atom. The highest BCUT2D eigenvalue weighted by molar-refractivity contribution is 6.07. The number of nitrogens with zero attached hydrogens (tertiary/aromatic N) is 4. The Balaban J connectivity index is 1.02. The van der Waals surface area contributed by atoms with E-state index in [1.165, 1.54) is 14.2 Å². The van der Waals surface area contributed by atoms with Gasteiger partial charge in [-0.3, -0.25) is 14.6 Å². The van der Waals surface area contributed by atoms with Crippen molar-refractivity contribution in [2.24, 2.45) is 16.8 Å². The van der Waals surface area contributed by atoms with Gasteiger partial charge in [-0.25, -0.2) is 14.6 Å². The highest BCUT2D eigenvalue weighted by Gasteiger charge is 2.45. The minimum absolute atomic E-state index is 0.0453. The third-order valence-electron chi connectivity index (χ3n) is 13.9. The number of fused-ring (bicyclic) bond motifs is 6. The van der Waals surface area contributed by atoms with Gasteiger partial charge in [-0.15, -0.1) is 0 Å². The highest BCUT2D eigenvalue weighted by Crippen LogP contribution is 2.45. The molecule has 4 amide bonds. The number of carbonyl (C=O) groups is 4. The molecule has 8 atom stereocenters. The first-order valence-corrected chi connectivity index (χ1v) is 22.7. The molecule has 8 rings (SSSR count). The molecule has 65 heavy (non-hydrogen) atoms. The van der Waals surface area contributed by atoms with Crippen LogP contribution in [0.4, 0.5) is 15.3 Å². The van der Waals surface area contributed by atoms with E-state index in [1.807, 2.05) is 43.7 Å². The number of likely N-dealkylation sites (tertiary alicyclic amines) is 2. The smallest absolute Gasteiger partial charge is 0.407 e. The van der Waals surface area contributed by atoms with Crippen LogP contribution in [0, 0.1) is 11.8 Å². The maximum atomic E-state index is 14.3. The van der Waals surface area contributed by atoms with Crippen LogP contribution in [0.15, 0.2) is 53.7 Å². The zero-order valence-corrected chi connectivity index (χ0v) is 38.6. The van der Waals surface area contributed by atoms with Crippen LogP contribution < -0.4 is 15.4 Å². The minimum Gasteiger partial charge on any atom is -0.488 e. The Morgan fingerprint density at radius 2 is 1.68 bits per heavy atom. The third kappa shape index (κ3) is 8.77. The van der Waals surface area contributed by atoms with Gasteiger partial charge in [0.1, 0.15) is 30.3 Å². The second kappa shape index (κ2) is 19.2. The number of hydrogen-bond acceptors (Lipinski definition) is 11. The molecule has 16 heteroatoms. The average Bonchev–Trinajstić information content (AvgIpc) is 4.15. The van der Waals surface area contributed by atoms with Crippen molar-refractivity contribution < 1.29 is 42.9 Å². The fourth-order valence-electron chi connectivity index (χ4n) is 10.3. The zero-order chi connectivity index (χ0) is 46.1. The van der Waals surface area contributed by atoms with E-state index in [2.05, 4.69) is 58.1 Å². The van der Waals surface area contributed by atoms with E-state index in [-0.39, 0.29) is 41.8 Å². The topological polar surface area (TPSA) is 186 Å². The van der Waals surface area contributed by atoms with E-state index in [0.29, 0.717) is 51.3 Å². The maximum absolute atomic E-state index is 14.3. The summed E-state index contributed by atoms with van der Waals surface area (Å²) in [7, 11) is 5.79. The lowest BCUT2D eigenvalue weighted by Crippen LogP contribution is -2.58. The summed E-state index contributed by atoms with van der Waals surface area (Å²) in [5.41, 5.74) is 7.82. The summed E-state index contributed by atoms with van der Waals surface area (Å²) >= 11 is 0. The van der Waals surface area contributed by atoms with E-state index in [0.717, 1.165) is 74.3 Å². The third-order valence-corrected chi connectivity index (χ3v) is 13.9. The van der Waals surface area contributed by atoms with Gasteiger partial charge in [-0.2, -0.15) is 0 Å². The van der Waals surface area contributed by atoms with Crippen LogP contribution in [0.5, 0.6) is 5.75 Å². The van der Waals surface area contributed by atoms with Gasteiger partial charge in [-0.1, -0.05) is 45.4 Å². The Bertz CT molecular complexity index is 2480. The maximum Gasteiger partial charge on any atom is 0.407 e. The normalized spacial score (nSPS) is 21.6. The molecule has 4 aliphatic heterocycles. The number of carbonyl (C=O) groups excluding carboxylic acids is 4. The Morgan fingerprint density at radius 1 is 0.908 bits per heavy atom. The number of hydrogen-bond donors (Lipinski definition) is 3. The molecule has 5 heterocycles. The number of amides is 4. The Labute approximate surface area is 379 Å². The summed E-state index contributed by atoms with van der Waals surface area (Å²) in [5, 5.41) is 7.64. The molecule has 16 nitrogen and oxygen atoms in total. The first kappa shape index (κ1) is 45.6. The van der Waals surface area contributed by atoms with Crippen molar-refractivity contribution in [2.75, 3.05) is 41.6 Å². The molecular formula is C49H61N7O9. The van der Waals surface area contributed by atoms with Crippen LogP contribution in [0.2, 0.25) is 0 Å². The van der Waals surface area contributed by atoms with Crippen molar-refractivity contribution in [3.8, 4) is 28.1 Å². The molecule has 0 aliphatic carbocycles. The van der Waals surface area contributed by atoms with Gasteiger partial charge in [0.05, 0.1) is 56.6 Å². The molecule has 4 aliphatic rings. The predicted molar refractivity (Wildman–Crippen MR) is 245 cm³/mol. The first-order chi connectivity index (χ1) is 31.4. The monoisotopic (exact) mass is 891 g/mol. The lowest BCUT2D eigenvalue weighted by molar-refractivity contribution is -0.138. The largest absolute Gasteiger partial charge is 0.488 e. The number of benzene rings is 3. The quantitative estimate of drug-likeness (QED) is 0.116. The summed E-state index contributed by atoms with van der Waals surface area (Å²) in [6.07, 6.45) is 4.06. The van der Waals surface area contributed by atoms with Gasteiger partial charge >= 0.3 is 12.2 Å². The number of nitrogens with one attached hydrogen (secondary N) is 3. The Hall–Kier alpha value is -6.00. The number of H-pyrrole nitrogens is 1. The van der Waals surface area contributed by atoms with Crippen molar-refractivity contribution in [2.45, 2.75) is 109 Å². The number of aliphatic imine (C=N–C) groups is 1. The van der Waals surface area contributed by atoms with Crippen LogP contribution in [-0.4, -0.2) is 121 Å². The second-order valence-electron chi connectivity index (χ2n) is 17.8. The summed E-state index contributed by atoms with van der Waals surface area (Å²) in [4.78, 5) is 70.2. The molecule has 2 fully saturated rings. The van der Waals surface area contributed by atoms with Gasteiger partial charge < -0.3 is 49.1 Å². The number of aromatic amines is 1. The van der Waals surface area contributed by atoms with Gasteiger partial charge in [0, 0.05) is 50.4 Å². The number of imidazole rings is 1. The fraction of sp³-hybridized carbons (Fsp3) is 0.510. The molecule has 2 unspecified atom stereocenters. The summed E-state index contributed by atoms with van der Waals surface area (Å²) in [6.45, 7) is 9.27. The average molecular weight is 892 g/mol. The molecule has 4 aromatic rings. The predicted octanol–water partition coefficient (Wildman–Crippen LogP) is 7.25. The van der Waals surface area contributed by atoms with Crippen molar-refractivity contribution in [1.82, 2.24) is 30.4 Å². The molecule has 0 saturated carbocycles. The molecule has 3 aromatic carbocycles. The molecule has 3 N–H and O–H groups in total. The molecule has 346 valence electrons. The number of ether oxygens (including phenoxy) is 5. The number of alkyl carbamates (subject to hydrolysis) is 2. The van der Waals surface area contributed by atoms with Crippen molar-refractivity contribution in [1.29, 1.82) is 0 Å². The first-order valence-electron chi connectivity index (χ1n) is 22.7. The molecule has 2 saturated heterocycles. The van der Waals surface area contributed by atoms with Crippen LogP contribution in [0.1, 0.15) is 82.8 Å². The molecule has 1 aromatic heterocycles. The van der Waals surface area contributed by atoms with Crippen LogP contribution in [-0.2, 0) is 41.6 Å². The summed E-state index contributed by atoms with van der Waals surface area (Å²) < 4.78 is 27.4. The minimum atomic E-state index is -0.897. The van der Waals surface area contributed by atoms with Crippen molar-refractivity contribution in [3.05, 3.63) is 65.6 Å². The van der Waals surface area contributed by atoms with E-state index >= 15 is 0 Å². The zero-order valence-electron chi connectivity index (χ0n) is 38.6. The standard InChI is InChI=1S/C49H61N7O9/c1-9-26(3)43(53-48(59)63-7)46(57)55-23-28(24-61-5)17-40(55)45-50-22-38(52-45)30-12-14-32-31(18-30)25-65-42-21-33-29(19-35(32)42)13-15-36-34(33)20-37(51-36)39-16-11-27(4)56(39)47(58)44(41(10-2)62-6)54-49(60)64-8/h12-15,18-19,21-22,26-28,39-41,43-44H,9-11,16-17,20,23-25H2,1-8H3,(H,50,52)(H,53,59)(H,54,60)/t26-,27-,28-,39?,40?,41+,43-,44-/m0/s1.